The average Bonchev–Trinajstić information content (AvgIpc) is 2.76. The fourth-order valence-electron chi connectivity index (χ4n) is 5.58. The van der Waals surface area contributed by atoms with Crippen LogP contribution in [0, 0.1) is 16.7 Å². The Morgan fingerprint density at radius 2 is 2.25 bits per heavy atom. The predicted octanol–water partition coefficient (Wildman–Crippen LogP) is 3.31. The van der Waals surface area contributed by atoms with E-state index in [-0.39, 0.29) is 11.3 Å². The minimum atomic E-state index is -1.14. The van der Waals surface area contributed by atoms with Gasteiger partial charge < -0.3 is 9.84 Å². The lowest BCUT2D eigenvalue weighted by molar-refractivity contribution is -0.173. The zero-order valence-corrected chi connectivity index (χ0v) is 11.6. The molecule has 20 heavy (non-hydrogen) atoms. The summed E-state index contributed by atoms with van der Waals surface area (Å²) in [7, 11) is 0. The number of hydrogen-bond donors (Lipinski definition) is 1. The van der Waals surface area contributed by atoms with Gasteiger partial charge in [-0.05, 0) is 49.9 Å². The third-order valence-electron chi connectivity index (χ3n) is 5.45. The summed E-state index contributed by atoms with van der Waals surface area (Å²) in [6.07, 6.45) is 7.23. The van der Waals surface area contributed by atoms with Gasteiger partial charge in [-0.1, -0.05) is 12.1 Å². The van der Waals surface area contributed by atoms with Gasteiger partial charge in [-0.15, -0.1) is 0 Å². The molecule has 0 radical (unpaired) electrons. The van der Waals surface area contributed by atoms with Gasteiger partial charge in [-0.3, -0.25) is 4.79 Å². The monoisotopic (exact) mass is 278 g/mol. The van der Waals surface area contributed by atoms with Crippen molar-refractivity contribution in [1.29, 1.82) is 0 Å². The highest BCUT2D eigenvalue weighted by atomic mass is 19.1. The maximum atomic E-state index is 15.0. The van der Waals surface area contributed by atoms with Gasteiger partial charge in [0.25, 0.3) is 0 Å². The molecular weight excluding hydrogens is 259 g/mol. The smallest absolute Gasteiger partial charge is 0.230 e. The van der Waals surface area contributed by atoms with E-state index in [1.54, 1.807) is 0 Å². The van der Waals surface area contributed by atoms with Gasteiger partial charge in [0.1, 0.15) is 17.6 Å². The van der Waals surface area contributed by atoms with E-state index < -0.39 is 11.1 Å². The van der Waals surface area contributed by atoms with Crippen molar-refractivity contribution < 1.29 is 13.7 Å². The van der Waals surface area contributed by atoms with E-state index >= 15 is 4.39 Å². The molecule has 4 bridgehead atoms. The molecule has 4 aliphatic rings. The van der Waals surface area contributed by atoms with E-state index in [9.17, 15) is 4.79 Å². The molecular formula is C15H19FN2O2. The molecule has 4 aliphatic carbocycles. The highest BCUT2D eigenvalue weighted by Crippen LogP contribution is 2.67. The number of anilines is 1. The fraction of sp³-hybridized carbons (Fsp3) is 0.733. The molecule has 5 heteroatoms. The van der Waals surface area contributed by atoms with E-state index in [1.165, 1.54) is 12.5 Å². The van der Waals surface area contributed by atoms with Crippen LogP contribution in [0.15, 0.2) is 17.0 Å². The largest absolute Gasteiger partial charge is 0.363 e. The van der Waals surface area contributed by atoms with Crippen LogP contribution in [0.5, 0.6) is 0 Å². The summed E-state index contributed by atoms with van der Waals surface area (Å²) in [5.41, 5.74) is -1.13. The molecule has 1 amide bonds. The Balaban J connectivity index is 1.65. The van der Waals surface area contributed by atoms with Crippen molar-refractivity contribution in [2.24, 2.45) is 16.7 Å². The van der Waals surface area contributed by atoms with Crippen molar-refractivity contribution in [2.45, 2.75) is 51.1 Å². The molecule has 0 spiro atoms. The lowest BCUT2D eigenvalue weighted by Crippen LogP contribution is -2.60. The van der Waals surface area contributed by atoms with Crippen LogP contribution in [-0.4, -0.2) is 16.7 Å². The summed E-state index contributed by atoms with van der Waals surface area (Å²) < 4.78 is 19.7. The first-order valence-electron chi connectivity index (χ1n) is 7.30. The molecule has 1 heterocycles. The van der Waals surface area contributed by atoms with Crippen LogP contribution < -0.4 is 5.32 Å². The first-order valence-corrected chi connectivity index (χ1v) is 7.30. The standard InChI is InChI=1S/C15H19FN2O2/c1-13-2-10-3-14(7-13,9-15(16,4-10)8-13)12(19)18-11-5-17-20-6-11/h5-6,10H,2-4,7-9H2,1H3,(H,18,19). The van der Waals surface area contributed by atoms with Crippen molar-refractivity contribution in [2.75, 3.05) is 5.32 Å². The summed E-state index contributed by atoms with van der Waals surface area (Å²) >= 11 is 0. The van der Waals surface area contributed by atoms with Crippen LogP contribution in [0.1, 0.15) is 45.4 Å². The Morgan fingerprint density at radius 1 is 1.40 bits per heavy atom. The molecule has 4 nitrogen and oxygen atoms in total. The number of alkyl halides is 1. The second kappa shape index (κ2) is 3.62. The van der Waals surface area contributed by atoms with Crippen molar-refractivity contribution in [3.05, 3.63) is 12.5 Å². The zero-order valence-electron chi connectivity index (χ0n) is 11.6. The molecule has 1 aromatic heterocycles. The summed E-state index contributed by atoms with van der Waals surface area (Å²) in [5.74, 6) is 0.299. The van der Waals surface area contributed by atoms with Crippen LogP contribution in [-0.2, 0) is 4.79 Å². The minimum Gasteiger partial charge on any atom is -0.363 e. The second-order valence-corrected chi connectivity index (χ2v) is 7.62. The number of carbonyl (C=O) groups is 1. The molecule has 0 aliphatic heterocycles. The molecule has 4 atom stereocenters. The molecule has 0 aromatic carbocycles. The highest BCUT2D eigenvalue weighted by molar-refractivity contribution is 5.95. The maximum Gasteiger partial charge on any atom is 0.230 e. The Labute approximate surface area is 117 Å². The second-order valence-electron chi connectivity index (χ2n) is 7.62. The predicted molar refractivity (Wildman–Crippen MR) is 70.7 cm³/mol. The number of halogens is 1. The number of rotatable bonds is 2. The molecule has 4 fully saturated rings. The number of aromatic nitrogens is 1. The molecule has 4 unspecified atom stereocenters. The van der Waals surface area contributed by atoms with Crippen LogP contribution in [0.2, 0.25) is 0 Å². The van der Waals surface area contributed by atoms with Crippen molar-refractivity contribution in [3.63, 3.8) is 0 Å². The van der Waals surface area contributed by atoms with Crippen LogP contribution in [0.25, 0.3) is 0 Å². The quantitative estimate of drug-likeness (QED) is 0.903. The normalized spacial score (nSPS) is 45.6. The Bertz CT molecular complexity index is 538. The molecule has 0 saturated heterocycles. The van der Waals surface area contributed by atoms with Gasteiger partial charge >= 0.3 is 0 Å². The van der Waals surface area contributed by atoms with E-state index in [2.05, 4.69) is 17.4 Å². The van der Waals surface area contributed by atoms with Crippen molar-refractivity contribution in [1.82, 2.24) is 5.16 Å². The van der Waals surface area contributed by atoms with E-state index in [4.69, 9.17) is 4.52 Å². The minimum absolute atomic E-state index is 0.0137. The maximum absolute atomic E-state index is 15.0. The SMILES string of the molecule is CC12CC3CC(F)(C1)CC(C(=O)Nc1cnoc1)(C3)C2. The Hall–Kier alpha value is -1.39. The van der Waals surface area contributed by atoms with Crippen molar-refractivity contribution >= 4 is 11.6 Å². The zero-order chi connectivity index (χ0) is 14.0. The lowest BCUT2D eigenvalue weighted by atomic mass is 9.43. The van der Waals surface area contributed by atoms with Crippen LogP contribution >= 0.6 is 0 Å². The molecule has 1 N–H and O–H groups in total. The van der Waals surface area contributed by atoms with Gasteiger partial charge in [-0.2, -0.15) is 0 Å². The van der Waals surface area contributed by atoms with Crippen LogP contribution in [0.3, 0.4) is 0 Å². The number of hydrogen-bond acceptors (Lipinski definition) is 3. The van der Waals surface area contributed by atoms with Crippen LogP contribution in [0.4, 0.5) is 10.1 Å². The fourth-order valence-corrected chi connectivity index (χ4v) is 5.58. The number of nitrogens with zero attached hydrogens (tertiary/aromatic N) is 1. The molecule has 1 aromatic rings. The summed E-state index contributed by atoms with van der Waals surface area (Å²) in [6.45, 7) is 2.15. The first-order chi connectivity index (χ1) is 9.41. The van der Waals surface area contributed by atoms with E-state index in [1.807, 2.05) is 0 Å². The van der Waals surface area contributed by atoms with E-state index in [0.717, 1.165) is 19.3 Å². The molecule has 5 rings (SSSR count). The molecule has 108 valence electrons. The first kappa shape index (κ1) is 12.4. The van der Waals surface area contributed by atoms with Crippen molar-refractivity contribution in [3.8, 4) is 0 Å². The third kappa shape index (κ3) is 1.71. The van der Waals surface area contributed by atoms with Gasteiger partial charge in [0.05, 0.1) is 11.6 Å². The lowest BCUT2D eigenvalue weighted by Gasteiger charge is -2.62. The van der Waals surface area contributed by atoms with Gasteiger partial charge in [-0.25, -0.2) is 4.39 Å². The van der Waals surface area contributed by atoms with Gasteiger partial charge in [0.15, 0.2) is 0 Å². The van der Waals surface area contributed by atoms with E-state index in [0.29, 0.717) is 30.9 Å². The third-order valence-corrected chi connectivity index (χ3v) is 5.45. The van der Waals surface area contributed by atoms with Gasteiger partial charge in [0, 0.05) is 0 Å². The summed E-state index contributed by atoms with van der Waals surface area (Å²) in [5, 5.41) is 6.44. The summed E-state index contributed by atoms with van der Waals surface area (Å²) in [6, 6.07) is 0. The number of amides is 1. The highest BCUT2D eigenvalue weighted by Gasteiger charge is 2.64. The van der Waals surface area contributed by atoms with Gasteiger partial charge in [0.2, 0.25) is 5.91 Å². The average molecular weight is 278 g/mol. The topological polar surface area (TPSA) is 55.1 Å². The Morgan fingerprint density at radius 3 is 2.90 bits per heavy atom. The number of carbonyl (C=O) groups excluding carboxylic acids is 1. The number of nitrogens with one attached hydrogen (secondary N) is 1. The summed E-state index contributed by atoms with van der Waals surface area (Å²) in [4.78, 5) is 12.7. The molecule has 4 saturated carbocycles. The Kier molecular flexibility index (Phi) is 2.24.